The molecule has 0 bridgehead atoms. The number of rotatable bonds is 3. The first-order valence-electron chi connectivity index (χ1n) is 8.69. The van der Waals surface area contributed by atoms with Crippen molar-refractivity contribution in [2.75, 3.05) is 33.1 Å². The van der Waals surface area contributed by atoms with Gasteiger partial charge in [-0.15, -0.1) is 0 Å². The van der Waals surface area contributed by atoms with Crippen LogP contribution in [0.25, 0.3) is 0 Å². The van der Waals surface area contributed by atoms with Crippen LogP contribution in [0.2, 0.25) is 0 Å². The molecule has 0 radical (unpaired) electrons. The largest absolute Gasteiger partial charge is 0.495 e. The van der Waals surface area contributed by atoms with E-state index in [4.69, 9.17) is 10.00 Å². The summed E-state index contributed by atoms with van der Waals surface area (Å²) in [6, 6.07) is 6.50. The fourth-order valence-electron chi connectivity index (χ4n) is 2.38. The van der Waals surface area contributed by atoms with Gasteiger partial charge in [-0.25, -0.2) is 0 Å². The minimum atomic E-state index is -0.432. The summed E-state index contributed by atoms with van der Waals surface area (Å²) in [5, 5.41) is 18.5. The van der Waals surface area contributed by atoms with Crippen molar-refractivity contribution in [2.24, 2.45) is 0 Å². The average Bonchev–Trinajstić information content (AvgIpc) is 3.11. The number of methoxy groups -OCH3 is 1. The van der Waals surface area contributed by atoms with Crippen LogP contribution < -0.4 is 15.4 Å². The molecule has 0 unspecified atom stereocenters. The Morgan fingerprint density at radius 1 is 1.38 bits per heavy atom. The number of hydrogen-bond acceptors (Lipinski definition) is 6. The number of fused-ring (bicyclic) bond motifs is 1. The van der Waals surface area contributed by atoms with Gasteiger partial charge in [0.2, 0.25) is 5.91 Å². The van der Waals surface area contributed by atoms with Gasteiger partial charge in [-0.3, -0.25) is 19.1 Å². The maximum absolute atomic E-state index is 12.3. The first-order valence-corrected chi connectivity index (χ1v) is 8.69. The number of nitriles is 1. The van der Waals surface area contributed by atoms with Gasteiger partial charge < -0.3 is 20.3 Å². The van der Waals surface area contributed by atoms with Crippen LogP contribution >= 0.6 is 0 Å². The number of ether oxygens (including phenoxy) is 1. The molecule has 29 heavy (non-hydrogen) atoms. The molecule has 3 amide bonds. The summed E-state index contributed by atoms with van der Waals surface area (Å²) >= 11 is 0. The Labute approximate surface area is 168 Å². The molecule has 1 aromatic carbocycles. The minimum Gasteiger partial charge on any atom is -0.495 e. The van der Waals surface area contributed by atoms with Crippen molar-refractivity contribution >= 4 is 23.4 Å². The summed E-state index contributed by atoms with van der Waals surface area (Å²) in [4.78, 5) is 35.8. The molecule has 10 heteroatoms. The molecule has 0 aliphatic carbocycles. The summed E-state index contributed by atoms with van der Waals surface area (Å²) in [7, 11) is 4.90. The molecule has 0 saturated heterocycles. The van der Waals surface area contributed by atoms with Crippen LogP contribution in [0.5, 0.6) is 5.75 Å². The van der Waals surface area contributed by atoms with Gasteiger partial charge in [0, 0.05) is 33.1 Å². The van der Waals surface area contributed by atoms with Crippen LogP contribution in [0.15, 0.2) is 24.4 Å². The van der Waals surface area contributed by atoms with Crippen LogP contribution in [-0.4, -0.2) is 60.2 Å². The molecule has 10 nitrogen and oxygen atoms in total. The molecule has 1 aliphatic rings. The molecule has 0 fully saturated rings. The zero-order valence-electron chi connectivity index (χ0n) is 16.6. The van der Waals surface area contributed by atoms with Crippen molar-refractivity contribution in [3.05, 3.63) is 41.2 Å². The van der Waals surface area contributed by atoms with Gasteiger partial charge in [0.25, 0.3) is 11.8 Å². The fraction of sp³-hybridized carbons (Fsp3) is 0.316. The Kier molecular flexibility index (Phi) is 6.92. The molecule has 2 heterocycles. The quantitative estimate of drug-likeness (QED) is 0.789. The normalized spacial score (nSPS) is 11.8. The molecule has 152 valence electrons. The third kappa shape index (κ3) is 5.10. The Bertz CT molecular complexity index is 974. The number of aromatic nitrogens is 2. The highest BCUT2D eigenvalue weighted by Gasteiger charge is 2.23. The monoisotopic (exact) mass is 398 g/mol. The van der Waals surface area contributed by atoms with Gasteiger partial charge >= 0.3 is 0 Å². The van der Waals surface area contributed by atoms with E-state index in [-0.39, 0.29) is 17.4 Å². The number of hydrogen-bond donors (Lipinski definition) is 2. The van der Waals surface area contributed by atoms with E-state index in [1.54, 1.807) is 30.9 Å². The van der Waals surface area contributed by atoms with Crippen molar-refractivity contribution in [2.45, 2.75) is 13.5 Å². The zero-order chi connectivity index (χ0) is 21.6. The van der Waals surface area contributed by atoms with E-state index in [1.165, 1.54) is 31.2 Å². The van der Waals surface area contributed by atoms with Gasteiger partial charge in [-0.2, -0.15) is 10.4 Å². The molecule has 1 aliphatic heterocycles. The summed E-state index contributed by atoms with van der Waals surface area (Å²) < 4.78 is 6.59. The lowest BCUT2D eigenvalue weighted by Crippen LogP contribution is -2.36. The standard InChI is InChI=1S/C15H13N5O3.C4H9NO/c1-23-12-3-2-9(6-10(12)7-16)14(21)19-11-8-18-20-5-4-17-15(22)13(11)20;1-4(6)5(2)3/h2-3,6,8H,4-5H2,1H3,(H,17,22)(H,19,21);1-3H3. The molecule has 3 rings (SSSR count). The molecule has 0 atom stereocenters. The second kappa shape index (κ2) is 9.36. The lowest BCUT2D eigenvalue weighted by Gasteiger charge is -2.15. The number of nitrogens with one attached hydrogen (secondary N) is 2. The van der Waals surface area contributed by atoms with Gasteiger partial charge in [0.15, 0.2) is 0 Å². The summed E-state index contributed by atoms with van der Waals surface area (Å²) in [5.41, 5.74) is 1.20. The highest BCUT2D eigenvalue weighted by molar-refractivity contribution is 6.08. The number of benzene rings is 1. The van der Waals surface area contributed by atoms with Gasteiger partial charge in [-0.1, -0.05) is 0 Å². The Morgan fingerprint density at radius 2 is 2.07 bits per heavy atom. The zero-order valence-corrected chi connectivity index (χ0v) is 16.6. The van der Waals surface area contributed by atoms with E-state index in [1.807, 2.05) is 6.07 Å². The number of anilines is 1. The summed E-state index contributed by atoms with van der Waals surface area (Å²) in [5.74, 6) is -0.226. The van der Waals surface area contributed by atoms with Crippen LogP contribution in [0.1, 0.15) is 33.3 Å². The molecule has 1 aromatic heterocycles. The number of carbonyl (C=O) groups is 3. The number of amides is 3. The molecular weight excluding hydrogens is 376 g/mol. The summed E-state index contributed by atoms with van der Waals surface area (Å²) in [6.07, 6.45) is 1.44. The Balaban J connectivity index is 0.000000438. The van der Waals surface area contributed by atoms with Crippen molar-refractivity contribution in [1.82, 2.24) is 20.0 Å². The van der Waals surface area contributed by atoms with Gasteiger partial charge in [0.05, 0.1) is 31.1 Å². The second-order valence-corrected chi connectivity index (χ2v) is 6.28. The first kappa shape index (κ1) is 21.4. The van der Waals surface area contributed by atoms with Crippen LogP contribution in [-0.2, 0) is 11.3 Å². The third-order valence-electron chi connectivity index (χ3n) is 4.12. The number of carbonyl (C=O) groups excluding carboxylic acids is 3. The third-order valence-corrected chi connectivity index (χ3v) is 4.12. The van der Waals surface area contributed by atoms with Crippen LogP contribution in [0, 0.1) is 11.3 Å². The van der Waals surface area contributed by atoms with E-state index in [2.05, 4.69) is 15.7 Å². The predicted octanol–water partition coefficient (Wildman–Crippen LogP) is 0.854. The van der Waals surface area contributed by atoms with Gasteiger partial charge in [0.1, 0.15) is 17.5 Å². The molecule has 2 N–H and O–H groups in total. The van der Waals surface area contributed by atoms with Gasteiger partial charge in [-0.05, 0) is 18.2 Å². The van der Waals surface area contributed by atoms with E-state index in [0.717, 1.165) is 0 Å². The fourth-order valence-corrected chi connectivity index (χ4v) is 2.38. The van der Waals surface area contributed by atoms with Crippen LogP contribution in [0.4, 0.5) is 5.69 Å². The van der Waals surface area contributed by atoms with E-state index in [0.29, 0.717) is 35.8 Å². The lowest BCUT2D eigenvalue weighted by molar-refractivity contribution is -0.126. The molecular formula is C19H22N6O4. The van der Waals surface area contributed by atoms with E-state index < -0.39 is 5.91 Å². The van der Waals surface area contributed by atoms with Crippen molar-refractivity contribution in [3.8, 4) is 11.8 Å². The first-order chi connectivity index (χ1) is 13.8. The van der Waals surface area contributed by atoms with E-state index in [9.17, 15) is 14.4 Å². The Hall–Kier alpha value is -3.87. The predicted molar refractivity (Wildman–Crippen MR) is 105 cm³/mol. The smallest absolute Gasteiger partial charge is 0.271 e. The SMILES string of the molecule is CC(=O)N(C)C.COc1ccc(C(=O)Nc2cnn3c2C(=O)NCC3)cc1C#N. The highest BCUT2D eigenvalue weighted by Crippen LogP contribution is 2.21. The molecule has 0 spiro atoms. The maximum Gasteiger partial charge on any atom is 0.271 e. The average molecular weight is 398 g/mol. The van der Waals surface area contributed by atoms with Crippen molar-refractivity contribution in [3.63, 3.8) is 0 Å². The molecule has 2 aromatic rings. The minimum absolute atomic E-state index is 0.0926. The second-order valence-electron chi connectivity index (χ2n) is 6.28. The Morgan fingerprint density at radius 3 is 2.66 bits per heavy atom. The van der Waals surface area contributed by atoms with Crippen LogP contribution in [0.3, 0.4) is 0 Å². The molecule has 0 saturated carbocycles. The number of nitrogens with zero attached hydrogens (tertiary/aromatic N) is 4. The topological polar surface area (TPSA) is 129 Å². The maximum atomic E-state index is 12.3. The van der Waals surface area contributed by atoms with Crippen molar-refractivity contribution < 1.29 is 19.1 Å². The highest BCUT2D eigenvalue weighted by atomic mass is 16.5. The van der Waals surface area contributed by atoms with Crippen molar-refractivity contribution in [1.29, 1.82) is 5.26 Å². The lowest BCUT2D eigenvalue weighted by atomic mass is 10.1. The summed E-state index contributed by atoms with van der Waals surface area (Å²) in [6.45, 7) is 2.59. The van der Waals surface area contributed by atoms with E-state index >= 15 is 0 Å².